The molecule has 0 saturated carbocycles. The molecule has 0 spiro atoms. The van der Waals surface area contributed by atoms with Gasteiger partial charge in [0.1, 0.15) is 18.4 Å². The maximum atomic E-state index is 12.2. The predicted octanol–water partition coefficient (Wildman–Crippen LogP) is -2.46. The van der Waals surface area contributed by atoms with Crippen LogP contribution in [0.2, 0.25) is 0 Å². The number of hydrogen-bond donors (Lipinski definition) is 7. The molecule has 0 aliphatic carbocycles. The molecule has 1 aromatic rings. The van der Waals surface area contributed by atoms with E-state index in [0.29, 0.717) is 0 Å². The third kappa shape index (κ3) is 6.72. The first-order chi connectivity index (χ1) is 16.1. The number of phosphoric ester groups is 2. The van der Waals surface area contributed by atoms with E-state index in [1.807, 2.05) is 0 Å². The molecule has 0 bridgehead atoms. The summed E-state index contributed by atoms with van der Waals surface area (Å²) in [7, 11) is -10.7. The van der Waals surface area contributed by atoms with E-state index in [1.54, 1.807) is 0 Å². The highest BCUT2D eigenvalue weighted by atomic mass is 31.3. The molecule has 4 unspecified atom stereocenters. The SMILES string of the molecule is Cc1cn([C@H]2C[C@@H](O)[C@@H](COP(=O)(O)OP(=O)(O)O[C@H]3OC(C)[C@@H](O)[C@H](N)C3O)O2)c(=O)[nH]c1=O. The van der Waals surface area contributed by atoms with Gasteiger partial charge < -0.3 is 40.3 Å². The maximum Gasteiger partial charge on any atom is 0.483 e. The lowest BCUT2D eigenvalue weighted by atomic mass is 9.98. The number of hydrogen-bond acceptors (Lipinski definition) is 13. The summed E-state index contributed by atoms with van der Waals surface area (Å²) in [6.45, 7) is 1.99. The number of nitrogens with one attached hydrogen (secondary N) is 1. The predicted molar refractivity (Wildman–Crippen MR) is 113 cm³/mol. The Bertz CT molecular complexity index is 1130. The van der Waals surface area contributed by atoms with Crippen LogP contribution in [0.5, 0.6) is 0 Å². The van der Waals surface area contributed by atoms with E-state index in [-0.39, 0.29) is 12.0 Å². The van der Waals surface area contributed by atoms with Crippen LogP contribution in [0, 0.1) is 6.92 Å². The zero-order chi connectivity index (χ0) is 26.3. The zero-order valence-corrected chi connectivity index (χ0v) is 20.2. The summed E-state index contributed by atoms with van der Waals surface area (Å²) >= 11 is 0. The Balaban J connectivity index is 1.59. The molecular formula is C16H27N3O14P2. The molecule has 2 saturated heterocycles. The summed E-state index contributed by atoms with van der Waals surface area (Å²) in [6.07, 6.45) is -8.48. The number of aliphatic hydroxyl groups excluding tert-OH is 3. The molecule has 200 valence electrons. The van der Waals surface area contributed by atoms with Crippen molar-refractivity contribution in [2.75, 3.05) is 6.61 Å². The minimum atomic E-state index is -5.39. The van der Waals surface area contributed by atoms with Gasteiger partial charge in [-0.05, 0) is 13.8 Å². The number of nitrogens with zero attached hydrogens (tertiary/aromatic N) is 1. The monoisotopic (exact) mass is 547 g/mol. The van der Waals surface area contributed by atoms with Crippen molar-refractivity contribution in [3.05, 3.63) is 32.6 Å². The fourth-order valence-corrected chi connectivity index (χ4v) is 5.62. The molecule has 17 nitrogen and oxygen atoms in total. The quantitative estimate of drug-likeness (QED) is 0.166. The third-order valence-corrected chi connectivity index (χ3v) is 8.00. The van der Waals surface area contributed by atoms with E-state index in [0.717, 1.165) is 4.57 Å². The second-order valence-electron chi connectivity index (χ2n) is 8.10. The molecule has 2 aliphatic rings. The fourth-order valence-electron chi connectivity index (χ4n) is 3.46. The van der Waals surface area contributed by atoms with E-state index < -0.39 is 82.6 Å². The normalized spacial score (nSPS) is 37.0. The molecule has 35 heavy (non-hydrogen) atoms. The summed E-state index contributed by atoms with van der Waals surface area (Å²) in [5, 5.41) is 29.9. The summed E-state index contributed by atoms with van der Waals surface area (Å²) in [5.74, 6) is 0. The van der Waals surface area contributed by atoms with Crippen LogP contribution in [-0.2, 0) is 32.0 Å². The largest absolute Gasteiger partial charge is 0.483 e. The van der Waals surface area contributed by atoms with Crippen LogP contribution < -0.4 is 17.0 Å². The summed E-state index contributed by atoms with van der Waals surface area (Å²) < 4.78 is 49.3. The second kappa shape index (κ2) is 10.6. The number of aromatic amines is 1. The molecule has 10 atom stereocenters. The third-order valence-electron chi connectivity index (χ3n) is 5.40. The van der Waals surface area contributed by atoms with Crippen LogP contribution in [0.4, 0.5) is 0 Å². The van der Waals surface area contributed by atoms with Crippen molar-refractivity contribution in [2.24, 2.45) is 5.73 Å². The van der Waals surface area contributed by atoms with Gasteiger partial charge in [0.25, 0.3) is 5.56 Å². The standard InChI is InChI=1S/C16H27N3O14P2/c1-6-4-19(16(24)18-14(6)23)10-3-8(20)9(31-10)5-29-34(25,26)33-35(27,28)32-15-13(22)11(17)12(21)7(2)30-15/h4,7-13,15,20-22H,3,5,17H2,1-2H3,(H,25,26)(H,27,28)(H,18,23,24)/t7?,8-,9-,10-,11+,12-,13?,15-/m1/s1. The number of phosphoric acid groups is 2. The topological polar surface area (TPSA) is 262 Å². The highest BCUT2D eigenvalue weighted by molar-refractivity contribution is 7.61. The van der Waals surface area contributed by atoms with Crippen LogP contribution >= 0.6 is 15.6 Å². The fraction of sp³-hybridized carbons (Fsp3) is 0.750. The summed E-state index contributed by atoms with van der Waals surface area (Å²) in [4.78, 5) is 45.2. The first-order valence-corrected chi connectivity index (χ1v) is 13.2. The first kappa shape index (κ1) is 28.3. The maximum absolute atomic E-state index is 12.2. The Morgan fingerprint density at radius 1 is 1.17 bits per heavy atom. The van der Waals surface area contributed by atoms with Gasteiger partial charge in [-0.15, -0.1) is 0 Å². The average molecular weight is 547 g/mol. The van der Waals surface area contributed by atoms with Gasteiger partial charge >= 0.3 is 21.3 Å². The second-order valence-corrected chi connectivity index (χ2v) is 11.1. The number of H-pyrrole nitrogens is 1. The van der Waals surface area contributed by atoms with E-state index in [4.69, 9.17) is 15.2 Å². The van der Waals surface area contributed by atoms with Crippen molar-refractivity contribution in [1.29, 1.82) is 0 Å². The van der Waals surface area contributed by atoms with Gasteiger partial charge in [-0.25, -0.2) is 13.9 Å². The molecule has 3 heterocycles. The van der Waals surface area contributed by atoms with Crippen LogP contribution in [0.3, 0.4) is 0 Å². The van der Waals surface area contributed by atoms with Crippen molar-refractivity contribution in [1.82, 2.24) is 9.55 Å². The lowest BCUT2D eigenvalue weighted by Gasteiger charge is -2.39. The minimum Gasteiger partial charge on any atom is -0.390 e. The smallest absolute Gasteiger partial charge is 0.390 e. The molecule has 2 fully saturated rings. The van der Waals surface area contributed by atoms with Crippen LogP contribution in [0.15, 0.2) is 15.8 Å². The highest BCUT2D eigenvalue weighted by Crippen LogP contribution is 2.61. The van der Waals surface area contributed by atoms with E-state index in [1.165, 1.54) is 20.0 Å². The number of aromatic nitrogens is 2. The molecule has 3 rings (SSSR count). The van der Waals surface area contributed by atoms with Crippen LogP contribution in [-0.4, -0.2) is 84.1 Å². The molecule has 1 aromatic heterocycles. The molecule has 0 amide bonds. The van der Waals surface area contributed by atoms with Crippen LogP contribution in [0.25, 0.3) is 0 Å². The van der Waals surface area contributed by atoms with Gasteiger partial charge in [-0.1, -0.05) is 0 Å². The highest BCUT2D eigenvalue weighted by Gasteiger charge is 2.47. The Kier molecular flexibility index (Phi) is 8.56. The molecule has 2 aliphatic heterocycles. The molecule has 0 radical (unpaired) electrons. The van der Waals surface area contributed by atoms with Crippen molar-refractivity contribution >= 4 is 15.6 Å². The van der Waals surface area contributed by atoms with Crippen molar-refractivity contribution < 1.29 is 57.1 Å². The number of aryl methyl sites for hydroxylation is 1. The van der Waals surface area contributed by atoms with Gasteiger partial charge in [0.05, 0.1) is 31.0 Å². The number of nitrogens with two attached hydrogens (primary N) is 1. The summed E-state index contributed by atoms with van der Waals surface area (Å²) in [6, 6.07) is -1.31. The number of aliphatic hydroxyl groups is 3. The van der Waals surface area contributed by atoms with Crippen molar-refractivity contribution in [3.8, 4) is 0 Å². The first-order valence-electron chi connectivity index (χ1n) is 10.2. The molecule has 0 aromatic carbocycles. The lowest BCUT2D eigenvalue weighted by molar-refractivity contribution is -0.240. The van der Waals surface area contributed by atoms with Crippen LogP contribution in [0.1, 0.15) is 25.1 Å². The van der Waals surface area contributed by atoms with Gasteiger partial charge in [0.15, 0.2) is 6.29 Å². The summed E-state index contributed by atoms with van der Waals surface area (Å²) in [5.41, 5.74) is 4.38. The lowest BCUT2D eigenvalue weighted by Crippen LogP contribution is -2.60. The van der Waals surface area contributed by atoms with Crippen molar-refractivity contribution in [2.45, 2.75) is 69.3 Å². The van der Waals surface area contributed by atoms with E-state index in [2.05, 4.69) is 18.3 Å². The molecule has 19 heteroatoms. The molecule has 8 N–H and O–H groups in total. The van der Waals surface area contributed by atoms with Gasteiger partial charge in [-0.2, -0.15) is 4.31 Å². The Hall–Kier alpha value is -1.30. The van der Waals surface area contributed by atoms with E-state index in [9.17, 15) is 43.8 Å². The number of rotatable bonds is 8. The number of ether oxygens (including phenoxy) is 2. The van der Waals surface area contributed by atoms with Gasteiger partial charge in [0.2, 0.25) is 0 Å². The van der Waals surface area contributed by atoms with Gasteiger partial charge in [0, 0.05) is 18.2 Å². The Morgan fingerprint density at radius 3 is 2.49 bits per heavy atom. The average Bonchev–Trinajstić information content (AvgIpc) is 3.11. The Morgan fingerprint density at radius 2 is 1.83 bits per heavy atom. The zero-order valence-electron chi connectivity index (χ0n) is 18.4. The molecular weight excluding hydrogens is 520 g/mol. The Labute approximate surface area is 197 Å². The van der Waals surface area contributed by atoms with E-state index >= 15 is 0 Å². The van der Waals surface area contributed by atoms with Crippen molar-refractivity contribution in [3.63, 3.8) is 0 Å². The minimum absolute atomic E-state index is 0.140. The van der Waals surface area contributed by atoms with Gasteiger partial charge in [-0.3, -0.25) is 23.4 Å².